The van der Waals surface area contributed by atoms with Crippen LogP contribution in [0.5, 0.6) is 0 Å². The third-order valence-electron chi connectivity index (χ3n) is 15.3. The second-order valence-electron chi connectivity index (χ2n) is 22.6. The van der Waals surface area contributed by atoms with E-state index in [1.54, 1.807) is 0 Å². The lowest BCUT2D eigenvalue weighted by Crippen LogP contribution is -2.50. The molecule has 7 nitrogen and oxygen atoms in total. The highest BCUT2D eigenvalue weighted by atomic mass is 16.5. The van der Waals surface area contributed by atoms with Gasteiger partial charge in [0.25, 0.3) is 0 Å². The van der Waals surface area contributed by atoms with Gasteiger partial charge < -0.3 is 25.4 Å². The second-order valence-corrected chi connectivity index (χ2v) is 22.6. The van der Waals surface area contributed by atoms with Crippen LogP contribution in [0, 0.1) is 0 Å². The standard InChI is InChI=1S/C66H127NO6/c1-3-5-7-9-11-13-15-17-31-35-39-43-47-51-55-59-65(71)73-60-56-52-48-44-40-36-33-30-28-26-24-22-20-18-19-21-23-25-27-29-32-34-38-42-46-50-54-58-64(70)67-62(61-68)66(72)63(69)57-53-49-45-41-37-16-14-12-10-8-6-4-2/h11,13,17,31,62-63,66,68-69,72H,3-10,12,14-16,18-30,32-61H2,1-2H3,(H,67,70). The number of hydrogen-bond donors (Lipinski definition) is 4. The number of unbranched alkanes of at least 4 members (excludes halogenated alkanes) is 45. The number of carbonyl (C=O) groups is 2. The molecule has 0 bridgehead atoms. The minimum atomic E-state index is -1.14. The highest BCUT2D eigenvalue weighted by Gasteiger charge is 2.26. The number of rotatable bonds is 61. The van der Waals surface area contributed by atoms with Crippen LogP contribution in [-0.2, 0) is 14.3 Å². The molecule has 0 saturated carbocycles. The van der Waals surface area contributed by atoms with Crippen molar-refractivity contribution < 1.29 is 29.6 Å². The number of nitrogens with one attached hydrogen (secondary N) is 1. The predicted octanol–water partition coefficient (Wildman–Crippen LogP) is 19.6. The van der Waals surface area contributed by atoms with E-state index in [1.807, 2.05) is 0 Å². The zero-order valence-corrected chi connectivity index (χ0v) is 49.0. The summed E-state index contributed by atoms with van der Waals surface area (Å²) in [6.45, 7) is 4.75. The monoisotopic (exact) mass is 1030 g/mol. The first-order valence-electron chi connectivity index (χ1n) is 32.7. The van der Waals surface area contributed by atoms with Gasteiger partial charge in [-0.15, -0.1) is 0 Å². The van der Waals surface area contributed by atoms with E-state index >= 15 is 0 Å². The second kappa shape index (κ2) is 61.2. The summed E-state index contributed by atoms with van der Waals surface area (Å²) in [7, 11) is 0. The molecule has 0 saturated heterocycles. The van der Waals surface area contributed by atoms with E-state index in [1.165, 1.54) is 257 Å². The van der Waals surface area contributed by atoms with Crippen molar-refractivity contribution in [3.8, 4) is 0 Å². The van der Waals surface area contributed by atoms with E-state index in [0.29, 0.717) is 25.9 Å². The van der Waals surface area contributed by atoms with Gasteiger partial charge >= 0.3 is 5.97 Å². The minimum Gasteiger partial charge on any atom is -0.466 e. The lowest BCUT2D eigenvalue weighted by atomic mass is 9.99. The van der Waals surface area contributed by atoms with Crippen molar-refractivity contribution in [1.29, 1.82) is 0 Å². The molecular weight excluding hydrogens is 903 g/mol. The molecule has 0 spiro atoms. The van der Waals surface area contributed by atoms with Crippen LogP contribution >= 0.6 is 0 Å². The number of amides is 1. The molecule has 0 aromatic rings. The van der Waals surface area contributed by atoms with E-state index in [9.17, 15) is 24.9 Å². The summed E-state index contributed by atoms with van der Waals surface area (Å²) in [5, 5.41) is 33.7. The third kappa shape index (κ3) is 56.3. The zero-order chi connectivity index (χ0) is 53.0. The molecule has 1 amide bonds. The molecule has 73 heavy (non-hydrogen) atoms. The normalized spacial score (nSPS) is 13.1. The van der Waals surface area contributed by atoms with E-state index in [0.717, 1.165) is 64.2 Å². The molecule has 0 radical (unpaired) electrons. The van der Waals surface area contributed by atoms with Gasteiger partial charge in [0.05, 0.1) is 25.4 Å². The summed E-state index contributed by atoms with van der Waals surface area (Å²) in [5.74, 6) is -0.143. The van der Waals surface area contributed by atoms with Crippen molar-refractivity contribution in [1.82, 2.24) is 5.32 Å². The van der Waals surface area contributed by atoms with Gasteiger partial charge in [-0.2, -0.15) is 0 Å². The Morgan fingerprint density at radius 2 is 0.712 bits per heavy atom. The van der Waals surface area contributed by atoms with E-state index in [4.69, 9.17) is 4.74 Å². The number of aliphatic hydroxyl groups excluding tert-OH is 3. The van der Waals surface area contributed by atoms with Crippen LogP contribution in [0.1, 0.15) is 354 Å². The first-order valence-corrected chi connectivity index (χ1v) is 32.7. The van der Waals surface area contributed by atoms with Crippen molar-refractivity contribution in [2.24, 2.45) is 0 Å². The molecule has 0 fully saturated rings. The Labute approximate surface area is 454 Å². The number of esters is 1. The highest BCUT2D eigenvalue weighted by Crippen LogP contribution is 2.19. The number of carbonyl (C=O) groups excluding carboxylic acids is 2. The number of hydrogen-bond acceptors (Lipinski definition) is 6. The van der Waals surface area contributed by atoms with Gasteiger partial charge in [0.15, 0.2) is 0 Å². The van der Waals surface area contributed by atoms with Gasteiger partial charge in [-0.05, 0) is 57.8 Å². The maximum absolute atomic E-state index is 12.5. The van der Waals surface area contributed by atoms with Gasteiger partial charge in [-0.25, -0.2) is 0 Å². The van der Waals surface area contributed by atoms with E-state index in [-0.39, 0.29) is 18.5 Å². The van der Waals surface area contributed by atoms with Crippen LogP contribution in [0.15, 0.2) is 24.3 Å². The Balaban J connectivity index is 3.38. The molecule has 3 unspecified atom stereocenters. The van der Waals surface area contributed by atoms with E-state index in [2.05, 4.69) is 43.5 Å². The lowest BCUT2D eigenvalue weighted by Gasteiger charge is -2.26. The molecule has 0 aliphatic heterocycles. The molecule has 0 aliphatic carbocycles. The summed E-state index contributed by atoms with van der Waals surface area (Å²) < 4.78 is 5.48. The van der Waals surface area contributed by atoms with E-state index < -0.39 is 18.2 Å². The Bertz CT molecular complexity index is 1160. The number of ether oxygens (including phenoxy) is 1. The third-order valence-corrected chi connectivity index (χ3v) is 15.3. The molecule has 7 heteroatoms. The molecule has 0 heterocycles. The van der Waals surface area contributed by atoms with Crippen LogP contribution in [0.25, 0.3) is 0 Å². The fraction of sp³-hybridized carbons (Fsp3) is 0.909. The molecule has 432 valence electrons. The van der Waals surface area contributed by atoms with Crippen molar-refractivity contribution in [3.63, 3.8) is 0 Å². The van der Waals surface area contributed by atoms with Crippen LogP contribution in [0.3, 0.4) is 0 Å². The molecule has 0 aromatic carbocycles. The topological polar surface area (TPSA) is 116 Å². The van der Waals surface area contributed by atoms with Crippen LogP contribution < -0.4 is 5.32 Å². The van der Waals surface area contributed by atoms with Gasteiger partial charge in [0, 0.05) is 12.8 Å². The summed E-state index contributed by atoms with van der Waals surface area (Å²) in [5.41, 5.74) is 0. The fourth-order valence-corrected chi connectivity index (χ4v) is 10.3. The number of aliphatic hydroxyl groups is 3. The maximum Gasteiger partial charge on any atom is 0.305 e. The largest absolute Gasteiger partial charge is 0.466 e. The fourth-order valence-electron chi connectivity index (χ4n) is 10.3. The first-order chi connectivity index (χ1) is 36.0. The average molecular weight is 1030 g/mol. The molecular formula is C66H127NO6. The Morgan fingerprint density at radius 1 is 0.397 bits per heavy atom. The maximum atomic E-state index is 12.5. The Morgan fingerprint density at radius 3 is 1.11 bits per heavy atom. The average Bonchev–Trinajstić information content (AvgIpc) is 3.39. The van der Waals surface area contributed by atoms with Gasteiger partial charge in [-0.3, -0.25) is 9.59 Å². The summed E-state index contributed by atoms with van der Waals surface area (Å²) >= 11 is 0. The summed E-state index contributed by atoms with van der Waals surface area (Å²) in [4.78, 5) is 24.6. The van der Waals surface area contributed by atoms with Crippen LogP contribution in [-0.4, -0.2) is 58.7 Å². The molecule has 0 aromatic heterocycles. The molecule has 4 N–H and O–H groups in total. The summed E-state index contributed by atoms with van der Waals surface area (Å²) in [6.07, 6.45) is 72.3. The van der Waals surface area contributed by atoms with Crippen LogP contribution in [0.4, 0.5) is 0 Å². The summed E-state index contributed by atoms with van der Waals surface area (Å²) in [6, 6.07) is -0.811. The minimum absolute atomic E-state index is 0.00137. The van der Waals surface area contributed by atoms with Gasteiger partial charge in [-0.1, -0.05) is 308 Å². The molecule has 0 aliphatic rings. The molecule has 3 atom stereocenters. The lowest BCUT2D eigenvalue weighted by molar-refractivity contribution is -0.143. The first kappa shape index (κ1) is 71.3. The molecule has 0 rings (SSSR count). The Kier molecular flexibility index (Phi) is 59.7. The van der Waals surface area contributed by atoms with Gasteiger partial charge in [0.1, 0.15) is 6.10 Å². The van der Waals surface area contributed by atoms with Crippen molar-refractivity contribution >= 4 is 11.9 Å². The van der Waals surface area contributed by atoms with Crippen molar-refractivity contribution in [2.45, 2.75) is 372 Å². The quantitative estimate of drug-likeness (QED) is 0.0274. The van der Waals surface area contributed by atoms with Gasteiger partial charge in [0.2, 0.25) is 5.91 Å². The Hall–Kier alpha value is -1.70. The predicted molar refractivity (Wildman–Crippen MR) is 316 cm³/mol. The zero-order valence-electron chi connectivity index (χ0n) is 49.0. The smallest absolute Gasteiger partial charge is 0.305 e. The number of allylic oxidation sites excluding steroid dienone is 4. The van der Waals surface area contributed by atoms with Crippen molar-refractivity contribution in [2.75, 3.05) is 13.2 Å². The SMILES string of the molecule is CCCCCC=CCC=CCCCCCCCC(=O)OCCCCCCCCCCCCCCCCCCCCCCCCCCCCCC(=O)NC(CO)C(O)C(O)CCCCCCCCCCCCCC. The van der Waals surface area contributed by atoms with Crippen molar-refractivity contribution in [3.05, 3.63) is 24.3 Å². The highest BCUT2D eigenvalue weighted by molar-refractivity contribution is 5.76. The van der Waals surface area contributed by atoms with Crippen LogP contribution in [0.2, 0.25) is 0 Å².